The number of hydrogen-bond donors (Lipinski definition) is 0. The highest BCUT2D eigenvalue weighted by Crippen LogP contribution is 2.40. The maximum atomic E-state index is 12.4. The Kier molecular flexibility index (Phi) is 7.61. The van der Waals surface area contributed by atoms with E-state index in [1.54, 1.807) is 6.92 Å². The van der Waals surface area contributed by atoms with Crippen LogP contribution in [0.3, 0.4) is 0 Å². The van der Waals surface area contributed by atoms with Crippen LogP contribution in [0.15, 0.2) is 54.6 Å². The number of fused-ring (bicyclic) bond motifs is 2. The molecule has 3 aliphatic heterocycles. The van der Waals surface area contributed by atoms with Gasteiger partial charge in [-0.2, -0.15) is 20.6 Å². The molecule has 0 N–H and O–H groups in total. The van der Waals surface area contributed by atoms with Crippen molar-refractivity contribution in [1.29, 1.82) is 5.26 Å². The minimum Gasteiger partial charge on any atom is -0.338 e. The SMILES string of the molecule is CC(=O)N1CCc2c(c(N3CCCc4cc(C#N)ccc43)nn2C2CCN(Cc3ccc(-c4ccc(C)nn4)cc3)CC2)C1. The number of carbonyl (C=O) groups excluding carboxylic acids is 1. The highest BCUT2D eigenvalue weighted by Gasteiger charge is 2.33. The Morgan fingerprint density at radius 1 is 0.977 bits per heavy atom. The van der Waals surface area contributed by atoms with Crippen LogP contribution in [-0.4, -0.2) is 61.9 Å². The van der Waals surface area contributed by atoms with Crippen molar-refractivity contribution in [3.8, 4) is 17.3 Å². The van der Waals surface area contributed by atoms with Gasteiger partial charge in [-0.05, 0) is 74.1 Å². The van der Waals surface area contributed by atoms with Crippen molar-refractivity contribution in [2.75, 3.05) is 31.1 Å². The molecule has 9 heteroatoms. The number of rotatable bonds is 5. The number of nitriles is 1. The molecule has 1 saturated heterocycles. The molecular formula is C35H38N8O. The number of aromatic nitrogens is 4. The molecular weight excluding hydrogens is 548 g/mol. The topological polar surface area (TPSA) is 94.2 Å². The van der Waals surface area contributed by atoms with E-state index >= 15 is 0 Å². The summed E-state index contributed by atoms with van der Waals surface area (Å²) in [5.41, 5.74) is 9.72. The molecule has 0 saturated carbocycles. The molecule has 0 aliphatic carbocycles. The zero-order valence-corrected chi connectivity index (χ0v) is 25.5. The number of likely N-dealkylation sites (tertiary alicyclic amines) is 1. The number of benzene rings is 2. The largest absolute Gasteiger partial charge is 0.338 e. The van der Waals surface area contributed by atoms with Gasteiger partial charge in [0.25, 0.3) is 0 Å². The summed E-state index contributed by atoms with van der Waals surface area (Å²) in [5, 5.41) is 23.3. The summed E-state index contributed by atoms with van der Waals surface area (Å²) >= 11 is 0. The highest BCUT2D eigenvalue weighted by molar-refractivity contribution is 5.75. The highest BCUT2D eigenvalue weighted by atomic mass is 16.2. The van der Waals surface area contributed by atoms with E-state index in [9.17, 15) is 10.1 Å². The van der Waals surface area contributed by atoms with E-state index in [1.807, 2.05) is 36.1 Å². The van der Waals surface area contributed by atoms with E-state index in [1.165, 1.54) is 22.4 Å². The number of carbonyl (C=O) groups is 1. The van der Waals surface area contributed by atoms with Crippen molar-refractivity contribution in [3.05, 3.63) is 88.2 Å². The summed E-state index contributed by atoms with van der Waals surface area (Å²) in [6.45, 7) is 8.80. The molecule has 4 aromatic rings. The van der Waals surface area contributed by atoms with Gasteiger partial charge >= 0.3 is 0 Å². The van der Waals surface area contributed by atoms with Crippen LogP contribution < -0.4 is 4.90 Å². The van der Waals surface area contributed by atoms with Gasteiger partial charge in [-0.25, -0.2) is 0 Å². The molecule has 7 rings (SSSR count). The summed E-state index contributed by atoms with van der Waals surface area (Å²) < 4.78 is 2.31. The lowest BCUT2D eigenvalue weighted by Gasteiger charge is -2.34. The molecule has 0 spiro atoms. The first-order chi connectivity index (χ1) is 21.5. The van der Waals surface area contributed by atoms with E-state index in [2.05, 4.69) is 61.1 Å². The number of hydrogen-bond acceptors (Lipinski definition) is 7. The Morgan fingerprint density at radius 3 is 2.52 bits per heavy atom. The van der Waals surface area contributed by atoms with Crippen LogP contribution >= 0.6 is 0 Å². The van der Waals surface area contributed by atoms with E-state index < -0.39 is 0 Å². The molecule has 0 radical (unpaired) electrons. The molecule has 0 bridgehead atoms. The van der Waals surface area contributed by atoms with Gasteiger partial charge in [0, 0.05) is 68.6 Å². The maximum absolute atomic E-state index is 12.4. The fourth-order valence-corrected chi connectivity index (χ4v) is 7.02. The third-order valence-electron chi connectivity index (χ3n) is 9.45. The second-order valence-electron chi connectivity index (χ2n) is 12.4. The van der Waals surface area contributed by atoms with E-state index in [0.29, 0.717) is 18.2 Å². The fraction of sp³-hybridized carbons (Fsp3) is 0.400. The van der Waals surface area contributed by atoms with Crippen LogP contribution in [0.25, 0.3) is 11.3 Å². The van der Waals surface area contributed by atoms with Crippen LogP contribution in [0.5, 0.6) is 0 Å². The lowest BCUT2D eigenvalue weighted by atomic mass is 9.98. The van der Waals surface area contributed by atoms with Gasteiger partial charge in [-0.15, -0.1) is 0 Å². The Balaban J connectivity index is 1.09. The molecule has 9 nitrogen and oxygen atoms in total. The van der Waals surface area contributed by atoms with Gasteiger partial charge < -0.3 is 9.80 Å². The third-order valence-corrected chi connectivity index (χ3v) is 9.45. The standard InChI is InChI=1S/C35H38N8O/c1-24-5-11-32(38-37-24)28-9-6-26(7-10-28)22-40-17-13-30(14-18-40)43-34-15-19-41(25(2)44)23-31(34)35(39-43)42-16-3-4-29-20-27(21-36)8-12-33(29)42/h5-12,20,30H,3-4,13-19,22-23H2,1-2H3. The Labute approximate surface area is 258 Å². The average molecular weight is 587 g/mol. The van der Waals surface area contributed by atoms with Crippen LogP contribution in [0.1, 0.15) is 65.9 Å². The Morgan fingerprint density at radius 2 is 1.80 bits per heavy atom. The maximum Gasteiger partial charge on any atom is 0.219 e. The van der Waals surface area contributed by atoms with Gasteiger partial charge in [0.15, 0.2) is 5.82 Å². The summed E-state index contributed by atoms with van der Waals surface area (Å²) in [4.78, 5) is 19.2. The van der Waals surface area contributed by atoms with E-state index in [0.717, 1.165) is 93.3 Å². The third kappa shape index (κ3) is 5.46. The van der Waals surface area contributed by atoms with Crippen LogP contribution in [-0.2, 0) is 30.7 Å². The van der Waals surface area contributed by atoms with Gasteiger partial charge in [0.05, 0.1) is 35.6 Å². The molecule has 2 aromatic heterocycles. The van der Waals surface area contributed by atoms with E-state index in [-0.39, 0.29) is 5.91 Å². The summed E-state index contributed by atoms with van der Waals surface area (Å²) in [7, 11) is 0. The first-order valence-corrected chi connectivity index (χ1v) is 15.7. The Bertz CT molecular complexity index is 1710. The van der Waals surface area contributed by atoms with Crippen LogP contribution in [0, 0.1) is 18.3 Å². The molecule has 1 amide bonds. The minimum absolute atomic E-state index is 0.111. The molecule has 5 heterocycles. The average Bonchev–Trinajstić information content (AvgIpc) is 3.44. The quantitative estimate of drug-likeness (QED) is 0.311. The van der Waals surface area contributed by atoms with Crippen LogP contribution in [0.4, 0.5) is 11.5 Å². The summed E-state index contributed by atoms with van der Waals surface area (Å²) in [6.07, 6.45) is 4.89. The zero-order chi connectivity index (χ0) is 30.2. The van der Waals surface area contributed by atoms with Crippen molar-refractivity contribution < 1.29 is 4.79 Å². The molecule has 2 aromatic carbocycles. The van der Waals surface area contributed by atoms with Crippen molar-refractivity contribution in [3.63, 3.8) is 0 Å². The van der Waals surface area contributed by atoms with Gasteiger partial charge in [-0.3, -0.25) is 14.4 Å². The molecule has 3 aliphatic rings. The first kappa shape index (κ1) is 28.2. The van der Waals surface area contributed by atoms with Gasteiger partial charge in [0.2, 0.25) is 5.91 Å². The normalized spacial score (nSPS) is 17.2. The molecule has 0 unspecified atom stereocenters. The van der Waals surface area contributed by atoms with Gasteiger partial charge in [-0.1, -0.05) is 24.3 Å². The predicted octanol–water partition coefficient (Wildman–Crippen LogP) is 5.35. The second-order valence-corrected chi connectivity index (χ2v) is 12.4. The number of piperidine rings is 1. The predicted molar refractivity (Wildman–Crippen MR) is 169 cm³/mol. The first-order valence-electron chi connectivity index (χ1n) is 15.7. The molecule has 44 heavy (non-hydrogen) atoms. The fourth-order valence-electron chi connectivity index (χ4n) is 7.02. The lowest BCUT2D eigenvalue weighted by Crippen LogP contribution is -2.37. The lowest BCUT2D eigenvalue weighted by molar-refractivity contribution is -0.129. The van der Waals surface area contributed by atoms with Crippen molar-refractivity contribution >= 4 is 17.4 Å². The number of nitrogens with zero attached hydrogens (tertiary/aromatic N) is 8. The molecule has 224 valence electrons. The number of amides is 1. The monoisotopic (exact) mass is 586 g/mol. The van der Waals surface area contributed by atoms with Crippen LogP contribution in [0.2, 0.25) is 0 Å². The van der Waals surface area contributed by atoms with Crippen molar-refractivity contribution in [2.24, 2.45) is 0 Å². The summed E-state index contributed by atoms with van der Waals surface area (Å²) in [5.74, 6) is 1.09. The minimum atomic E-state index is 0.111. The zero-order valence-electron chi connectivity index (χ0n) is 25.5. The second kappa shape index (κ2) is 11.9. The van der Waals surface area contributed by atoms with Crippen molar-refractivity contribution in [2.45, 2.75) is 65.1 Å². The number of anilines is 2. The smallest absolute Gasteiger partial charge is 0.219 e. The summed E-state index contributed by atoms with van der Waals surface area (Å²) in [6, 6.07) is 21.3. The van der Waals surface area contributed by atoms with Gasteiger partial charge in [0.1, 0.15) is 0 Å². The molecule has 1 fully saturated rings. The van der Waals surface area contributed by atoms with Crippen molar-refractivity contribution in [1.82, 2.24) is 29.8 Å². The number of aryl methyl sites for hydroxylation is 2. The Hall–Kier alpha value is -4.55. The molecule has 0 atom stereocenters. The van der Waals surface area contributed by atoms with E-state index in [4.69, 9.17) is 5.10 Å².